The van der Waals surface area contributed by atoms with Gasteiger partial charge < -0.3 is 25.2 Å². The van der Waals surface area contributed by atoms with E-state index in [9.17, 15) is 19.8 Å². The Bertz CT molecular complexity index is 434. The Morgan fingerprint density at radius 3 is 2.57 bits per heavy atom. The lowest BCUT2D eigenvalue weighted by Gasteiger charge is -2.39. The molecule has 0 aromatic rings. The second kappa shape index (κ2) is 7.49. The lowest BCUT2D eigenvalue weighted by Crippen LogP contribution is -2.55. The summed E-state index contributed by atoms with van der Waals surface area (Å²) >= 11 is 0. The van der Waals surface area contributed by atoms with Crippen molar-refractivity contribution in [2.45, 2.75) is 63.8 Å². The van der Waals surface area contributed by atoms with Crippen LogP contribution in [0.15, 0.2) is 0 Å². The molecule has 3 N–H and O–H groups in total. The number of nitrogens with zero attached hydrogens (tertiary/aromatic N) is 1. The van der Waals surface area contributed by atoms with E-state index in [-0.39, 0.29) is 24.5 Å². The number of likely N-dealkylation sites (tertiary alicyclic amines) is 1. The molecule has 2 fully saturated rings. The first-order chi connectivity index (χ1) is 10.8. The van der Waals surface area contributed by atoms with Gasteiger partial charge in [-0.2, -0.15) is 0 Å². The highest BCUT2D eigenvalue weighted by Crippen LogP contribution is 2.32. The van der Waals surface area contributed by atoms with E-state index in [0.717, 1.165) is 12.8 Å². The van der Waals surface area contributed by atoms with Crippen molar-refractivity contribution in [3.8, 4) is 0 Å². The van der Waals surface area contributed by atoms with Gasteiger partial charge in [0.25, 0.3) is 5.91 Å². The van der Waals surface area contributed by atoms with Gasteiger partial charge in [0.15, 0.2) is 0 Å². The van der Waals surface area contributed by atoms with E-state index >= 15 is 0 Å². The van der Waals surface area contributed by atoms with Crippen LogP contribution in [0.2, 0.25) is 0 Å². The standard InChI is InChI=1S/C16H28N2O5/c1-11(2)23-15(21)17-9-12-5-8-18(10-13(12)19)14(20)16(22)6-3-4-7-16/h11-13,19,22H,3-10H2,1-2H3,(H,17,21)/t12-,13+/m0/s1. The fraction of sp³-hybridized carbons (Fsp3) is 0.875. The first kappa shape index (κ1) is 18.0. The average molecular weight is 328 g/mol. The molecule has 0 aromatic heterocycles. The molecule has 7 nitrogen and oxygen atoms in total. The third-order valence-electron chi connectivity index (χ3n) is 4.69. The molecule has 2 rings (SSSR count). The fourth-order valence-corrected chi connectivity index (χ4v) is 3.34. The molecule has 1 saturated heterocycles. The molecule has 1 aliphatic heterocycles. The van der Waals surface area contributed by atoms with E-state index in [1.54, 1.807) is 18.7 Å². The lowest BCUT2D eigenvalue weighted by molar-refractivity contribution is -0.155. The van der Waals surface area contributed by atoms with Crippen LogP contribution < -0.4 is 5.32 Å². The summed E-state index contributed by atoms with van der Waals surface area (Å²) in [5.74, 6) is -0.378. The number of rotatable bonds is 4. The van der Waals surface area contributed by atoms with Crippen LogP contribution in [0.3, 0.4) is 0 Å². The van der Waals surface area contributed by atoms with Crippen LogP contribution in [0.5, 0.6) is 0 Å². The molecule has 23 heavy (non-hydrogen) atoms. The molecule has 1 heterocycles. The quantitative estimate of drug-likeness (QED) is 0.703. The Morgan fingerprint density at radius 1 is 1.35 bits per heavy atom. The van der Waals surface area contributed by atoms with Crippen molar-refractivity contribution in [2.75, 3.05) is 19.6 Å². The average Bonchev–Trinajstić information content (AvgIpc) is 2.92. The predicted octanol–water partition coefficient (Wildman–Crippen LogP) is 0.635. The zero-order valence-corrected chi connectivity index (χ0v) is 14.0. The van der Waals surface area contributed by atoms with Gasteiger partial charge in [0, 0.05) is 25.6 Å². The highest BCUT2D eigenvalue weighted by atomic mass is 16.6. The van der Waals surface area contributed by atoms with E-state index in [1.807, 2.05) is 0 Å². The van der Waals surface area contributed by atoms with Crippen molar-refractivity contribution in [1.82, 2.24) is 10.2 Å². The molecule has 0 spiro atoms. The number of hydrogen-bond donors (Lipinski definition) is 3. The summed E-state index contributed by atoms with van der Waals surface area (Å²) in [6.07, 6.45) is 1.93. The number of hydrogen-bond acceptors (Lipinski definition) is 5. The monoisotopic (exact) mass is 328 g/mol. The van der Waals surface area contributed by atoms with Crippen LogP contribution in [-0.4, -0.2) is 64.6 Å². The first-order valence-corrected chi connectivity index (χ1v) is 8.46. The van der Waals surface area contributed by atoms with Crippen molar-refractivity contribution in [3.05, 3.63) is 0 Å². The third-order valence-corrected chi connectivity index (χ3v) is 4.69. The first-order valence-electron chi connectivity index (χ1n) is 8.46. The number of aliphatic hydroxyl groups is 2. The van der Waals surface area contributed by atoms with Gasteiger partial charge in [0.1, 0.15) is 5.60 Å². The molecule has 2 amide bonds. The van der Waals surface area contributed by atoms with Gasteiger partial charge in [-0.15, -0.1) is 0 Å². The maximum atomic E-state index is 12.4. The molecule has 0 unspecified atom stereocenters. The van der Waals surface area contributed by atoms with Crippen molar-refractivity contribution in [3.63, 3.8) is 0 Å². The van der Waals surface area contributed by atoms with Crippen molar-refractivity contribution < 1.29 is 24.5 Å². The summed E-state index contributed by atoms with van der Waals surface area (Å²) in [6, 6.07) is 0. The van der Waals surface area contributed by atoms with E-state index < -0.39 is 17.8 Å². The van der Waals surface area contributed by atoms with E-state index in [1.165, 1.54) is 0 Å². The van der Waals surface area contributed by atoms with Gasteiger partial charge in [-0.05, 0) is 46.0 Å². The van der Waals surface area contributed by atoms with Gasteiger partial charge in [-0.3, -0.25) is 4.79 Å². The van der Waals surface area contributed by atoms with Gasteiger partial charge in [-0.1, -0.05) is 0 Å². The number of alkyl carbamates (subject to hydrolysis) is 1. The summed E-state index contributed by atoms with van der Waals surface area (Å²) in [5, 5.41) is 23.3. The minimum Gasteiger partial charge on any atom is -0.447 e. The summed E-state index contributed by atoms with van der Waals surface area (Å²) in [6.45, 7) is 4.55. The number of carbonyl (C=O) groups excluding carboxylic acids is 2. The number of carbonyl (C=O) groups is 2. The Kier molecular flexibility index (Phi) is 5.86. The van der Waals surface area contributed by atoms with Crippen LogP contribution >= 0.6 is 0 Å². The second-order valence-electron chi connectivity index (χ2n) is 6.94. The molecule has 1 aliphatic carbocycles. The van der Waals surface area contributed by atoms with Gasteiger partial charge in [0.05, 0.1) is 12.2 Å². The van der Waals surface area contributed by atoms with Crippen LogP contribution in [0.25, 0.3) is 0 Å². The predicted molar refractivity (Wildman–Crippen MR) is 83.7 cm³/mol. The fourth-order valence-electron chi connectivity index (χ4n) is 3.34. The topological polar surface area (TPSA) is 99.1 Å². The van der Waals surface area contributed by atoms with Crippen LogP contribution in [0.1, 0.15) is 46.0 Å². The van der Waals surface area contributed by atoms with E-state index in [0.29, 0.717) is 32.4 Å². The molecular weight excluding hydrogens is 300 g/mol. The highest BCUT2D eigenvalue weighted by Gasteiger charge is 2.43. The summed E-state index contributed by atoms with van der Waals surface area (Å²) in [4.78, 5) is 25.5. The summed E-state index contributed by atoms with van der Waals surface area (Å²) in [5.41, 5.74) is -1.24. The third kappa shape index (κ3) is 4.57. The molecule has 132 valence electrons. The minimum absolute atomic E-state index is 0.114. The molecule has 1 saturated carbocycles. The van der Waals surface area contributed by atoms with Crippen LogP contribution in [-0.2, 0) is 9.53 Å². The molecule has 0 aromatic carbocycles. The lowest BCUT2D eigenvalue weighted by atomic mass is 9.91. The molecule has 0 radical (unpaired) electrons. The molecule has 2 aliphatic rings. The molecule has 7 heteroatoms. The number of β-amino-alcohol motifs (C(OH)–C–C–N with tert-alkyl or cyclic N) is 1. The number of aliphatic hydroxyl groups excluding tert-OH is 1. The SMILES string of the molecule is CC(C)OC(=O)NC[C@@H]1CCN(C(=O)C2(O)CCCC2)C[C@H]1O. The largest absolute Gasteiger partial charge is 0.447 e. The zero-order valence-electron chi connectivity index (χ0n) is 14.0. The maximum Gasteiger partial charge on any atom is 0.407 e. The highest BCUT2D eigenvalue weighted by molar-refractivity contribution is 5.85. The summed E-state index contributed by atoms with van der Waals surface area (Å²) in [7, 11) is 0. The Morgan fingerprint density at radius 2 is 2.00 bits per heavy atom. The van der Waals surface area contributed by atoms with E-state index in [4.69, 9.17) is 4.74 Å². The van der Waals surface area contributed by atoms with Gasteiger partial charge >= 0.3 is 6.09 Å². The van der Waals surface area contributed by atoms with Crippen molar-refractivity contribution in [1.29, 1.82) is 0 Å². The van der Waals surface area contributed by atoms with Gasteiger partial charge in [0.2, 0.25) is 0 Å². The molecular formula is C16H28N2O5. The van der Waals surface area contributed by atoms with Crippen LogP contribution in [0.4, 0.5) is 4.79 Å². The molecule has 0 bridgehead atoms. The molecule has 2 atom stereocenters. The van der Waals surface area contributed by atoms with E-state index in [2.05, 4.69) is 5.32 Å². The number of piperidine rings is 1. The van der Waals surface area contributed by atoms with Crippen molar-refractivity contribution in [2.24, 2.45) is 5.92 Å². The minimum atomic E-state index is -1.24. The number of nitrogens with one attached hydrogen (secondary N) is 1. The Labute approximate surface area is 137 Å². The Balaban J connectivity index is 1.80. The van der Waals surface area contributed by atoms with Crippen molar-refractivity contribution >= 4 is 12.0 Å². The normalized spacial score (nSPS) is 27.1. The number of ether oxygens (including phenoxy) is 1. The Hall–Kier alpha value is -1.34. The number of amides is 2. The zero-order chi connectivity index (χ0) is 17.0. The maximum absolute atomic E-state index is 12.4. The summed E-state index contributed by atoms with van der Waals surface area (Å²) < 4.78 is 4.99. The smallest absolute Gasteiger partial charge is 0.407 e. The van der Waals surface area contributed by atoms with Crippen LogP contribution in [0, 0.1) is 5.92 Å². The second-order valence-corrected chi connectivity index (χ2v) is 6.94. The van der Waals surface area contributed by atoms with Gasteiger partial charge in [-0.25, -0.2) is 4.79 Å².